The van der Waals surface area contributed by atoms with Gasteiger partial charge in [0.15, 0.2) is 0 Å². The average Bonchev–Trinajstić information content (AvgIpc) is 3.12. The third kappa shape index (κ3) is 5.14. The number of ether oxygens (including phenoxy) is 1. The van der Waals surface area contributed by atoms with Crippen molar-refractivity contribution in [3.63, 3.8) is 0 Å². The van der Waals surface area contributed by atoms with Crippen LogP contribution in [-0.2, 0) is 11.3 Å². The lowest BCUT2D eigenvalue weighted by Gasteiger charge is -2.45. The molecule has 0 aliphatic carbocycles. The van der Waals surface area contributed by atoms with Gasteiger partial charge in [0.1, 0.15) is 12.7 Å². The lowest BCUT2D eigenvalue weighted by molar-refractivity contribution is -0.0948. The second-order valence-corrected chi connectivity index (χ2v) is 7.95. The summed E-state index contributed by atoms with van der Waals surface area (Å²) >= 11 is 0. The highest BCUT2D eigenvalue weighted by atomic mass is 16.5. The van der Waals surface area contributed by atoms with Crippen LogP contribution >= 0.6 is 0 Å². The molecule has 2 aromatic rings. The van der Waals surface area contributed by atoms with Crippen molar-refractivity contribution in [2.45, 2.75) is 52.0 Å². The van der Waals surface area contributed by atoms with E-state index in [1.807, 2.05) is 24.3 Å². The Balaban J connectivity index is 1.55. The van der Waals surface area contributed by atoms with E-state index in [2.05, 4.69) is 48.0 Å². The maximum atomic E-state index is 12.5. The minimum Gasteiger partial charge on any atom is -0.373 e. The Morgan fingerprint density at radius 3 is 2.48 bits per heavy atom. The summed E-state index contributed by atoms with van der Waals surface area (Å²) in [6, 6.07) is 7.61. The molecular formula is C20H29N5O2. The zero-order chi connectivity index (χ0) is 19.4. The summed E-state index contributed by atoms with van der Waals surface area (Å²) in [4.78, 5) is 18.9. The number of nitrogens with zero attached hydrogens (tertiary/aromatic N) is 4. The van der Waals surface area contributed by atoms with Gasteiger partial charge in [-0.3, -0.25) is 9.69 Å². The van der Waals surface area contributed by atoms with Gasteiger partial charge < -0.3 is 10.1 Å². The fraction of sp³-hybridized carbons (Fsp3) is 0.550. The summed E-state index contributed by atoms with van der Waals surface area (Å²) in [5.74, 6) is -0.0512. The molecule has 2 atom stereocenters. The van der Waals surface area contributed by atoms with Crippen LogP contribution in [0, 0.1) is 0 Å². The van der Waals surface area contributed by atoms with Crippen molar-refractivity contribution < 1.29 is 9.53 Å². The first kappa shape index (κ1) is 19.5. The number of carbonyl (C=O) groups excluding carboxylic acids is 1. The SMILES string of the molecule is C[C@@H]1CN(C(C)(C)CNC(=O)c2ccc(Cn3cncn3)cc2)C[C@@H](C)O1. The zero-order valence-electron chi connectivity index (χ0n) is 16.6. The normalized spacial score (nSPS) is 21.2. The second-order valence-electron chi connectivity index (χ2n) is 7.95. The Morgan fingerprint density at radius 1 is 1.22 bits per heavy atom. The molecule has 0 radical (unpaired) electrons. The van der Waals surface area contributed by atoms with Crippen LogP contribution in [0.15, 0.2) is 36.9 Å². The molecule has 0 unspecified atom stereocenters. The quantitative estimate of drug-likeness (QED) is 0.840. The number of rotatable bonds is 6. The Bertz CT molecular complexity index is 732. The molecule has 1 aromatic heterocycles. The van der Waals surface area contributed by atoms with Gasteiger partial charge >= 0.3 is 0 Å². The highest BCUT2D eigenvalue weighted by Crippen LogP contribution is 2.20. The van der Waals surface area contributed by atoms with Crippen LogP contribution in [0.1, 0.15) is 43.6 Å². The summed E-state index contributed by atoms with van der Waals surface area (Å²) < 4.78 is 7.57. The van der Waals surface area contributed by atoms with Crippen LogP contribution in [0.3, 0.4) is 0 Å². The number of aromatic nitrogens is 3. The maximum Gasteiger partial charge on any atom is 0.251 e. The standard InChI is InChI=1S/C20H29N5O2/c1-15-9-24(10-16(2)27-15)20(3,4)12-22-19(26)18-7-5-17(6-8-18)11-25-14-21-13-23-25/h5-8,13-16H,9-12H2,1-4H3,(H,22,26)/t15-,16-/m1/s1. The first-order chi connectivity index (χ1) is 12.8. The lowest BCUT2D eigenvalue weighted by atomic mass is 9.99. The zero-order valence-corrected chi connectivity index (χ0v) is 16.6. The molecule has 2 heterocycles. The Kier molecular flexibility index (Phi) is 5.92. The summed E-state index contributed by atoms with van der Waals surface area (Å²) in [6.45, 7) is 11.5. The predicted octanol–water partition coefficient (Wildman–Crippen LogP) is 1.94. The van der Waals surface area contributed by atoms with Crippen molar-refractivity contribution >= 4 is 5.91 Å². The Morgan fingerprint density at radius 2 is 1.89 bits per heavy atom. The number of amides is 1. The fourth-order valence-corrected chi connectivity index (χ4v) is 3.45. The number of hydrogen-bond acceptors (Lipinski definition) is 5. The van der Waals surface area contributed by atoms with Gasteiger partial charge in [0.05, 0.1) is 18.8 Å². The molecule has 0 bridgehead atoms. The van der Waals surface area contributed by atoms with Gasteiger partial charge in [-0.05, 0) is 45.4 Å². The Hall–Kier alpha value is -2.25. The molecule has 1 aliphatic rings. The molecule has 1 amide bonds. The number of nitrogens with one attached hydrogen (secondary N) is 1. The van der Waals surface area contributed by atoms with Crippen molar-refractivity contribution in [3.8, 4) is 0 Å². The van der Waals surface area contributed by atoms with Gasteiger partial charge in [-0.25, -0.2) is 9.67 Å². The van der Waals surface area contributed by atoms with Crippen molar-refractivity contribution in [1.29, 1.82) is 0 Å². The van der Waals surface area contributed by atoms with E-state index in [4.69, 9.17) is 4.74 Å². The maximum absolute atomic E-state index is 12.5. The summed E-state index contributed by atoms with van der Waals surface area (Å²) in [5.41, 5.74) is 1.61. The van der Waals surface area contributed by atoms with Gasteiger partial charge in [-0.15, -0.1) is 0 Å². The lowest BCUT2D eigenvalue weighted by Crippen LogP contribution is -2.58. The number of benzene rings is 1. The smallest absolute Gasteiger partial charge is 0.251 e. The topological polar surface area (TPSA) is 72.3 Å². The third-order valence-electron chi connectivity index (χ3n) is 4.98. The van der Waals surface area contributed by atoms with Crippen molar-refractivity contribution in [2.75, 3.05) is 19.6 Å². The Labute approximate surface area is 160 Å². The van der Waals surface area contributed by atoms with Crippen molar-refractivity contribution in [1.82, 2.24) is 25.0 Å². The van der Waals surface area contributed by atoms with Crippen LogP contribution in [0.4, 0.5) is 0 Å². The molecule has 1 saturated heterocycles. The average molecular weight is 371 g/mol. The third-order valence-corrected chi connectivity index (χ3v) is 4.98. The van der Waals surface area contributed by atoms with Gasteiger partial charge in [0.2, 0.25) is 0 Å². The van der Waals surface area contributed by atoms with E-state index in [0.29, 0.717) is 18.7 Å². The van der Waals surface area contributed by atoms with E-state index in [9.17, 15) is 4.79 Å². The van der Waals surface area contributed by atoms with E-state index < -0.39 is 0 Å². The summed E-state index contributed by atoms with van der Waals surface area (Å²) in [6.07, 6.45) is 3.61. The molecule has 7 nitrogen and oxygen atoms in total. The second kappa shape index (κ2) is 8.19. The van der Waals surface area contributed by atoms with E-state index in [0.717, 1.165) is 18.7 Å². The summed E-state index contributed by atoms with van der Waals surface area (Å²) in [7, 11) is 0. The van der Waals surface area contributed by atoms with Crippen LogP contribution in [0.2, 0.25) is 0 Å². The highest BCUT2D eigenvalue weighted by molar-refractivity contribution is 5.94. The highest BCUT2D eigenvalue weighted by Gasteiger charge is 2.33. The van der Waals surface area contributed by atoms with Gasteiger partial charge in [0.25, 0.3) is 5.91 Å². The molecule has 1 N–H and O–H groups in total. The van der Waals surface area contributed by atoms with Gasteiger partial charge in [-0.2, -0.15) is 5.10 Å². The molecular weight excluding hydrogens is 342 g/mol. The number of carbonyl (C=O) groups is 1. The van der Waals surface area contributed by atoms with Crippen molar-refractivity contribution in [2.24, 2.45) is 0 Å². The largest absolute Gasteiger partial charge is 0.373 e. The van der Waals surface area contributed by atoms with E-state index in [1.165, 1.54) is 6.33 Å². The molecule has 1 aliphatic heterocycles. The van der Waals surface area contributed by atoms with E-state index >= 15 is 0 Å². The molecule has 0 saturated carbocycles. The molecule has 0 spiro atoms. The van der Waals surface area contributed by atoms with Gasteiger partial charge in [-0.1, -0.05) is 12.1 Å². The van der Waals surface area contributed by atoms with E-state index in [1.54, 1.807) is 11.0 Å². The van der Waals surface area contributed by atoms with E-state index in [-0.39, 0.29) is 23.7 Å². The molecule has 146 valence electrons. The molecule has 1 fully saturated rings. The molecule has 1 aromatic carbocycles. The van der Waals surface area contributed by atoms with Crippen LogP contribution < -0.4 is 5.32 Å². The van der Waals surface area contributed by atoms with Crippen molar-refractivity contribution in [3.05, 3.63) is 48.0 Å². The predicted molar refractivity (Wildman–Crippen MR) is 104 cm³/mol. The van der Waals surface area contributed by atoms with Crippen LogP contribution in [0.25, 0.3) is 0 Å². The minimum absolute atomic E-state index is 0.0512. The first-order valence-corrected chi connectivity index (χ1v) is 9.43. The summed E-state index contributed by atoms with van der Waals surface area (Å²) in [5, 5.41) is 7.18. The molecule has 7 heteroatoms. The molecule has 27 heavy (non-hydrogen) atoms. The van der Waals surface area contributed by atoms with Gasteiger partial charge in [0, 0.05) is 30.7 Å². The minimum atomic E-state index is -0.130. The monoisotopic (exact) mass is 371 g/mol. The number of morpholine rings is 1. The van der Waals surface area contributed by atoms with Crippen LogP contribution in [0.5, 0.6) is 0 Å². The first-order valence-electron chi connectivity index (χ1n) is 9.43. The number of hydrogen-bond donors (Lipinski definition) is 1. The fourth-order valence-electron chi connectivity index (χ4n) is 3.45. The molecule has 3 rings (SSSR count). The van der Waals surface area contributed by atoms with Crippen LogP contribution in [-0.4, -0.2) is 63.0 Å².